The molecule has 20 heavy (non-hydrogen) atoms. The minimum absolute atomic E-state index is 0.0255. The van der Waals surface area contributed by atoms with Crippen LogP contribution in [0.2, 0.25) is 0 Å². The maximum Gasteiger partial charge on any atom is 0.148 e. The molecule has 3 unspecified atom stereocenters. The molecular formula is C16H34O4. The molecular weight excluding hydrogens is 256 g/mol. The minimum Gasteiger partial charge on any atom is -0.385 e. The number of rotatable bonds is 4. The zero-order valence-corrected chi connectivity index (χ0v) is 14.1. The molecule has 1 saturated carbocycles. The number of aliphatic hydroxyl groups excluding tert-OH is 1. The third-order valence-corrected chi connectivity index (χ3v) is 3.20. The van der Waals surface area contributed by atoms with Crippen LogP contribution in [0.1, 0.15) is 60.3 Å². The molecule has 4 heteroatoms. The summed E-state index contributed by atoms with van der Waals surface area (Å²) < 4.78 is 5.13. The summed E-state index contributed by atoms with van der Waals surface area (Å²) in [5.74, 6) is 0.910. The molecule has 4 nitrogen and oxygen atoms in total. The smallest absolute Gasteiger partial charge is 0.148 e. The van der Waals surface area contributed by atoms with Crippen molar-refractivity contribution in [3.8, 4) is 0 Å². The summed E-state index contributed by atoms with van der Waals surface area (Å²) >= 11 is 0. The second-order valence-electron chi connectivity index (χ2n) is 4.80. The van der Waals surface area contributed by atoms with Crippen molar-refractivity contribution in [1.29, 1.82) is 0 Å². The fraction of sp³-hybridized carbons (Fsp3) is 0.875. The van der Waals surface area contributed by atoms with Crippen molar-refractivity contribution < 1.29 is 19.4 Å². The first-order chi connectivity index (χ1) is 9.56. The van der Waals surface area contributed by atoms with Crippen LogP contribution < -0.4 is 0 Å². The van der Waals surface area contributed by atoms with Crippen molar-refractivity contribution in [2.45, 2.75) is 72.5 Å². The van der Waals surface area contributed by atoms with E-state index < -0.39 is 6.10 Å². The number of carbonyl (C=O) groups is 2. The second kappa shape index (κ2) is 18.3. The van der Waals surface area contributed by atoms with Crippen LogP contribution in [-0.2, 0) is 14.3 Å². The van der Waals surface area contributed by atoms with Gasteiger partial charge in [-0.05, 0) is 18.8 Å². The minimum atomic E-state index is -0.831. The first-order valence-electron chi connectivity index (χ1n) is 7.51. The molecule has 0 aromatic heterocycles. The summed E-state index contributed by atoms with van der Waals surface area (Å²) in [7, 11) is 1.63. The molecule has 1 aliphatic carbocycles. The number of aldehydes is 1. The van der Waals surface area contributed by atoms with Crippen LogP contribution in [0.15, 0.2) is 0 Å². The number of methoxy groups -OCH3 is 1. The largest absolute Gasteiger partial charge is 0.385 e. The topological polar surface area (TPSA) is 63.6 Å². The number of hydrogen-bond acceptors (Lipinski definition) is 4. The van der Waals surface area contributed by atoms with Crippen molar-refractivity contribution in [1.82, 2.24) is 0 Å². The molecule has 122 valence electrons. The molecule has 1 aliphatic rings. The maximum atomic E-state index is 10.2. The third kappa shape index (κ3) is 12.3. The molecule has 1 fully saturated rings. The number of ether oxygens (including phenoxy) is 1. The Hall–Kier alpha value is -0.740. The van der Waals surface area contributed by atoms with E-state index in [0.717, 1.165) is 25.2 Å². The Labute approximate surface area is 124 Å². The van der Waals surface area contributed by atoms with E-state index in [2.05, 4.69) is 20.8 Å². The molecule has 0 aromatic carbocycles. The van der Waals surface area contributed by atoms with Crippen LogP contribution in [-0.4, -0.2) is 37.5 Å². The fourth-order valence-electron chi connectivity index (χ4n) is 1.74. The first kappa shape index (κ1) is 24.3. The zero-order chi connectivity index (χ0) is 16.6. The van der Waals surface area contributed by atoms with Gasteiger partial charge in [0.15, 0.2) is 0 Å². The van der Waals surface area contributed by atoms with Gasteiger partial charge in [0, 0.05) is 13.0 Å². The highest BCUT2D eigenvalue weighted by molar-refractivity contribution is 5.56. The van der Waals surface area contributed by atoms with Gasteiger partial charge in [0.25, 0.3) is 0 Å². The Kier molecular flexibility index (Phi) is 22.2. The number of aliphatic hydroxyl groups is 1. The fourth-order valence-corrected chi connectivity index (χ4v) is 1.74. The Morgan fingerprint density at radius 3 is 2.05 bits per heavy atom. The maximum absolute atomic E-state index is 10.2. The van der Waals surface area contributed by atoms with Gasteiger partial charge in [0.2, 0.25) is 0 Å². The Bertz CT molecular complexity index is 195. The molecule has 0 aromatic rings. The van der Waals surface area contributed by atoms with Gasteiger partial charge in [0.1, 0.15) is 19.2 Å². The van der Waals surface area contributed by atoms with Crippen LogP contribution in [0.3, 0.4) is 0 Å². The molecule has 0 saturated heterocycles. The Morgan fingerprint density at radius 1 is 1.30 bits per heavy atom. The highest BCUT2D eigenvalue weighted by Crippen LogP contribution is 2.29. The van der Waals surface area contributed by atoms with Crippen molar-refractivity contribution in [2.24, 2.45) is 11.8 Å². The quantitative estimate of drug-likeness (QED) is 0.807. The lowest BCUT2D eigenvalue weighted by Crippen LogP contribution is -2.29. The lowest BCUT2D eigenvalue weighted by molar-refractivity contribution is -0.119. The summed E-state index contributed by atoms with van der Waals surface area (Å²) in [5.41, 5.74) is 0. The molecule has 0 spiro atoms. The summed E-state index contributed by atoms with van der Waals surface area (Å²) in [6, 6.07) is 0. The standard InChI is InChI=1S/C8H14O3.C5H12.C2H6.CH2O/c1-11-8-4-2-3-6(8)7(10)5-9;1-4-5(2)3;2*1-2/h5-8,10H,2-4H2,1H3;5H,4H2,1-3H3;1-2H3;1H2. The molecule has 1 N–H and O–H groups in total. The van der Waals surface area contributed by atoms with Gasteiger partial charge in [-0.3, -0.25) is 0 Å². The van der Waals surface area contributed by atoms with Crippen LogP contribution >= 0.6 is 0 Å². The molecule has 0 bridgehead atoms. The van der Waals surface area contributed by atoms with Crippen LogP contribution in [0.25, 0.3) is 0 Å². The van der Waals surface area contributed by atoms with Crippen LogP contribution in [0.5, 0.6) is 0 Å². The normalized spacial score (nSPS) is 21.4. The lowest BCUT2D eigenvalue weighted by atomic mass is 10.00. The Morgan fingerprint density at radius 2 is 1.75 bits per heavy atom. The van der Waals surface area contributed by atoms with E-state index in [1.807, 2.05) is 20.6 Å². The number of carbonyl (C=O) groups excluding carboxylic acids is 2. The predicted octanol–water partition coefficient (Wildman–Crippen LogP) is 3.26. The predicted molar refractivity (Wildman–Crippen MR) is 83.8 cm³/mol. The van der Waals surface area contributed by atoms with E-state index in [-0.39, 0.29) is 12.0 Å². The van der Waals surface area contributed by atoms with Gasteiger partial charge >= 0.3 is 0 Å². The molecule has 0 radical (unpaired) electrons. The third-order valence-electron chi connectivity index (χ3n) is 3.20. The summed E-state index contributed by atoms with van der Waals surface area (Å²) in [6.45, 7) is 12.6. The van der Waals surface area contributed by atoms with Gasteiger partial charge in [0.05, 0.1) is 6.10 Å². The van der Waals surface area contributed by atoms with E-state index in [4.69, 9.17) is 9.53 Å². The van der Waals surface area contributed by atoms with E-state index >= 15 is 0 Å². The van der Waals surface area contributed by atoms with Crippen LogP contribution in [0, 0.1) is 11.8 Å². The van der Waals surface area contributed by atoms with E-state index in [9.17, 15) is 9.90 Å². The van der Waals surface area contributed by atoms with Crippen molar-refractivity contribution in [3.63, 3.8) is 0 Å². The van der Waals surface area contributed by atoms with Gasteiger partial charge in [-0.2, -0.15) is 0 Å². The average Bonchev–Trinajstić information content (AvgIpc) is 2.99. The summed E-state index contributed by atoms with van der Waals surface area (Å²) in [6.07, 6.45) is 4.07. The van der Waals surface area contributed by atoms with Gasteiger partial charge < -0.3 is 19.4 Å². The molecule has 0 amide bonds. The lowest BCUT2D eigenvalue weighted by Gasteiger charge is -2.19. The second-order valence-corrected chi connectivity index (χ2v) is 4.80. The zero-order valence-electron chi connectivity index (χ0n) is 14.1. The monoisotopic (exact) mass is 290 g/mol. The highest BCUT2D eigenvalue weighted by atomic mass is 16.5. The average molecular weight is 290 g/mol. The van der Waals surface area contributed by atoms with Gasteiger partial charge in [-0.15, -0.1) is 0 Å². The van der Waals surface area contributed by atoms with Gasteiger partial charge in [-0.1, -0.05) is 47.5 Å². The summed E-state index contributed by atoms with van der Waals surface area (Å²) in [5, 5.41) is 9.21. The summed E-state index contributed by atoms with van der Waals surface area (Å²) in [4.78, 5) is 18.2. The van der Waals surface area contributed by atoms with E-state index in [0.29, 0.717) is 6.29 Å². The first-order valence-corrected chi connectivity index (χ1v) is 7.51. The molecule has 0 heterocycles. The van der Waals surface area contributed by atoms with E-state index in [1.54, 1.807) is 7.11 Å². The SMILES string of the molecule is C=O.CC.CCC(C)C.COC1CCCC1C(O)C=O. The van der Waals surface area contributed by atoms with Gasteiger partial charge in [-0.25, -0.2) is 0 Å². The number of hydrogen-bond donors (Lipinski definition) is 1. The van der Waals surface area contributed by atoms with Crippen molar-refractivity contribution >= 4 is 13.1 Å². The van der Waals surface area contributed by atoms with E-state index in [1.165, 1.54) is 6.42 Å². The molecule has 1 rings (SSSR count). The van der Waals surface area contributed by atoms with Crippen molar-refractivity contribution in [2.75, 3.05) is 7.11 Å². The van der Waals surface area contributed by atoms with Crippen molar-refractivity contribution in [3.05, 3.63) is 0 Å². The molecule has 3 atom stereocenters. The molecule has 0 aliphatic heterocycles. The Balaban J connectivity index is -0.000000272. The van der Waals surface area contributed by atoms with Crippen LogP contribution in [0.4, 0.5) is 0 Å². The highest BCUT2D eigenvalue weighted by Gasteiger charge is 2.32.